The molecule has 2 aromatic rings. The third kappa shape index (κ3) is 2.17. The second-order valence-corrected chi connectivity index (χ2v) is 3.94. The molecule has 0 fully saturated rings. The molecule has 0 bridgehead atoms. The van der Waals surface area contributed by atoms with E-state index in [0.29, 0.717) is 10.7 Å². The first-order valence-corrected chi connectivity index (χ1v) is 5.29. The lowest BCUT2D eigenvalue weighted by atomic mass is 10.3. The van der Waals surface area contributed by atoms with Gasteiger partial charge >= 0.3 is 5.69 Å². The summed E-state index contributed by atoms with van der Waals surface area (Å²) in [4.78, 5) is 10.2. The number of benzene rings is 1. The molecular weight excluding hydrogens is 231 g/mol. The van der Waals surface area contributed by atoms with Gasteiger partial charge in [0, 0.05) is 11.8 Å². The molecule has 1 aromatic heterocycles. The Balaban J connectivity index is 2.23. The average molecular weight is 238 g/mol. The van der Waals surface area contributed by atoms with Gasteiger partial charge < -0.3 is 5.32 Å². The quantitative estimate of drug-likeness (QED) is 0.657. The van der Waals surface area contributed by atoms with Crippen molar-refractivity contribution in [2.45, 2.75) is 0 Å². The van der Waals surface area contributed by atoms with Crippen LogP contribution in [0.2, 0.25) is 0 Å². The van der Waals surface area contributed by atoms with Crippen LogP contribution in [-0.4, -0.2) is 4.92 Å². The van der Waals surface area contributed by atoms with Crippen LogP contribution in [0.4, 0.5) is 20.8 Å². The fourth-order valence-corrected chi connectivity index (χ4v) is 1.98. The molecule has 1 heterocycles. The van der Waals surface area contributed by atoms with Crippen LogP contribution in [0.1, 0.15) is 0 Å². The second-order valence-electron chi connectivity index (χ2n) is 3.02. The largest absolute Gasteiger partial charge is 0.342 e. The number of nitrogens with one attached hydrogen (secondary N) is 1. The highest BCUT2D eigenvalue weighted by atomic mass is 32.1. The Morgan fingerprint density at radius 2 is 1.94 bits per heavy atom. The number of nitro groups is 1. The smallest absolute Gasteiger partial charge is 0.303 e. The van der Waals surface area contributed by atoms with Crippen LogP contribution in [0.25, 0.3) is 0 Å². The first-order valence-electron chi connectivity index (χ1n) is 4.41. The Hall–Kier alpha value is -1.95. The summed E-state index contributed by atoms with van der Waals surface area (Å²) in [5.74, 6) is -0.341. The van der Waals surface area contributed by atoms with Crippen molar-refractivity contribution >= 4 is 27.7 Å². The minimum Gasteiger partial charge on any atom is -0.342 e. The van der Waals surface area contributed by atoms with Crippen molar-refractivity contribution in [2.75, 3.05) is 5.32 Å². The van der Waals surface area contributed by atoms with Crippen LogP contribution in [0.15, 0.2) is 35.7 Å². The number of nitrogens with zero attached hydrogens (tertiary/aromatic N) is 1. The summed E-state index contributed by atoms with van der Waals surface area (Å²) in [6.07, 6.45) is 0. The Labute approximate surface area is 94.5 Å². The highest BCUT2D eigenvalue weighted by molar-refractivity contribution is 7.14. The molecule has 4 nitrogen and oxygen atoms in total. The van der Waals surface area contributed by atoms with E-state index >= 15 is 0 Å². The van der Waals surface area contributed by atoms with Crippen LogP contribution >= 0.6 is 11.3 Å². The van der Waals surface area contributed by atoms with Gasteiger partial charge in [0.2, 0.25) is 0 Å². The molecule has 0 unspecified atom stereocenters. The van der Waals surface area contributed by atoms with Crippen molar-refractivity contribution < 1.29 is 9.31 Å². The maximum Gasteiger partial charge on any atom is 0.303 e. The van der Waals surface area contributed by atoms with Gasteiger partial charge in [0.1, 0.15) is 5.82 Å². The molecule has 16 heavy (non-hydrogen) atoms. The fourth-order valence-electron chi connectivity index (χ4n) is 1.20. The molecule has 2 rings (SSSR count). The topological polar surface area (TPSA) is 55.2 Å². The van der Waals surface area contributed by atoms with Crippen molar-refractivity contribution in [1.29, 1.82) is 0 Å². The van der Waals surface area contributed by atoms with E-state index in [-0.39, 0.29) is 11.5 Å². The van der Waals surface area contributed by atoms with E-state index in [0.717, 1.165) is 0 Å². The number of thiophene rings is 1. The molecule has 82 valence electrons. The Kier molecular flexibility index (Phi) is 2.82. The Bertz CT molecular complexity index is 510. The van der Waals surface area contributed by atoms with Crippen LogP contribution < -0.4 is 5.32 Å². The Morgan fingerprint density at radius 1 is 1.25 bits per heavy atom. The molecule has 1 aromatic carbocycles. The minimum absolute atomic E-state index is 0.0225. The summed E-state index contributed by atoms with van der Waals surface area (Å²) < 4.78 is 12.6. The number of halogens is 1. The van der Waals surface area contributed by atoms with E-state index in [1.165, 1.54) is 41.7 Å². The molecule has 0 atom stereocenters. The molecular formula is C10H7FN2O2S. The fraction of sp³-hybridized carbons (Fsp3) is 0. The van der Waals surface area contributed by atoms with Crippen LogP contribution in [0, 0.1) is 15.9 Å². The number of hydrogen-bond donors (Lipinski definition) is 1. The molecule has 1 N–H and O–H groups in total. The molecule has 0 aliphatic rings. The zero-order valence-corrected chi connectivity index (χ0v) is 8.83. The van der Waals surface area contributed by atoms with Gasteiger partial charge in [-0.15, -0.1) is 11.3 Å². The SMILES string of the molecule is O=[N+]([O-])c1ccsc1Nc1ccc(F)cc1. The first-order chi connectivity index (χ1) is 7.66. The Morgan fingerprint density at radius 3 is 2.56 bits per heavy atom. The predicted octanol–water partition coefficient (Wildman–Crippen LogP) is 3.54. The van der Waals surface area contributed by atoms with Gasteiger partial charge in [-0.05, 0) is 29.6 Å². The van der Waals surface area contributed by atoms with Gasteiger partial charge in [-0.25, -0.2) is 4.39 Å². The average Bonchev–Trinajstić information content (AvgIpc) is 2.69. The molecule has 0 radical (unpaired) electrons. The van der Waals surface area contributed by atoms with E-state index in [1.807, 2.05) is 0 Å². The second kappa shape index (κ2) is 4.28. The van der Waals surface area contributed by atoms with E-state index < -0.39 is 4.92 Å². The van der Waals surface area contributed by atoms with E-state index in [4.69, 9.17) is 0 Å². The standard InChI is InChI=1S/C10H7FN2O2S/c11-7-1-3-8(4-2-7)12-10-9(13(14)15)5-6-16-10/h1-6,12H. The number of hydrogen-bond acceptors (Lipinski definition) is 4. The van der Waals surface area contributed by atoms with Gasteiger partial charge in [-0.3, -0.25) is 10.1 Å². The molecule has 6 heteroatoms. The van der Waals surface area contributed by atoms with Crippen molar-refractivity contribution in [3.8, 4) is 0 Å². The van der Waals surface area contributed by atoms with E-state index in [9.17, 15) is 14.5 Å². The molecule has 0 saturated carbocycles. The molecule has 0 amide bonds. The van der Waals surface area contributed by atoms with Crippen LogP contribution in [-0.2, 0) is 0 Å². The van der Waals surface area contributed by atoms with Crippen molar-refractivity contribution in [3.05, 3.63) is 51.6 Å². The zero-order valence-electron chi connectivity index (χ0n) is 8.01. The summed E-state index contributed by atoms with van der Waals surface area (Å²) in [5.41, 5.74) is 0.640. The highest BCUT2D eigenvalue weighted by Crippen LogP contribution is 2.32. The van der Waals surface area contributed by atoms with Crippen LogP contribution in [0.3, 0.4) is 0 Å². The normalized spacial score (nSPS) is 10.1. The summed E-state index contributed by atoms with van der Waals surface area (Å²) >= 11 is 1.23. The minimum atomic E-state index is -0.456. The summed E-state index contributed by atoms with van der Waals surface area (Å²) in [6, 6.07) is 7.07. The lowest BCUT2D eigenvalue weighted by molar-refractivity contribution is -0.383. The highest BCUT2D eigenvalue weighted by Gasteiger charge is 2.14. The third-order valence-electron chi connectivity index (χ3n) is 1.94. The molecule has 0 aliphatic heterocycles. The van der Waals surface area contributed by atoms with Gasteiger partial charge in [0.15, 0.2) is 5.00 Å². The third-order valence-corrected chi connectivity index (χ3v) is 2.76. The van der Waals surface area contributed by atoms with Gasteiger partial charge in [-0.2, -0.15) is 0 Å². The predicted molar refractivity (Wildman–Crippen MR) is 60.7 cm³/mol. The first kappa shape index (κ1) is 10.6. The molecule has 0 saturated heterocycles. The maximum atomic E-state index is 12.6. The monoisotopic (exact) mass is 238 g/mol. The number of rotatable bonds is 3. The van der Waals surface area contributed by atoms with Crippen LogP contribution in [0.5, 0.6) is 0 Å². The van der Waals surface area contributed by atoms with Gasteiger partial charge in [0.25, 0.3) is 0 Å². The summed E-state index contributed by atoms with van der Waals surface area (Å²) in [7, 11) is 0. The van der Waals surface area contributed by atoms with E-state index in [2.05, 4.69) is 5.32 Å². The maximum absolute atomic E-state index is 12.6. The van der Waals surface area contributed by atoms with Crippen molar-refractivity contribution in [2.24, 2.45) is 0 Å². The zero-order chi connectivity index (χ0) is 11.5. The van der Waals surface area contributed by atoms with Crippen molar-refractivity contribution in [3.63, 3.8) is 0 Å². The molecule has 0 spiro atoms. The summed E-state index contributed by atoms with van der Waals surface area (Å²) in [6.45, 7) is 0. The lowest BCUT2D eigenvalue weighted by Crippen LogP contribution is -1.92. The van der Waals surface area contributed by atoms with Gasteiger partial charge in [-0.1, -0.05) is 0 Å². The van der Waals surface area contributed by atoms with Gasteiger partial charge in [0.05, 0.1) is 4.92 Å². The lowest BCUT2D eigenvalue weighted by Gasteiger charge is -2.02. The van der Waals surface area contributed by atoms with Crippen molar-refractivity contribution in [1.82, 2.24) is 0 Å². The van der Waals surface area contributed by atoms with E-state index in [1.54, 1.807) is 5.38 Å². The summed E-state index contributed by atoms with van der Waals surface area (Å²) in [5, 5.41) is 15.6. The molecule has 0 aliphatic carbocycles. The number of anilines is 2.